The zero-order valence-corrected chi connectivity index (χ0v) is 17.1. The maximum atomic E-state index is 2.48. The molecule has 1 heterocycles. The lowest BCUT2D eigenvalue weighted by atomic mass is 9.81. The fourth-order valence-electron chi connectivity index (χ4n) is 4.89. The van der Waals surface area contributed by atoms with Gasteiger partial charge in [-0.05, 0) is 67.5 Å². The zero-order valence-electron chi connectivity index (χ0n) is 16.1. The Bertz CT molecular complexity index is 1370. The summed E-state index contributed by atoms with van der Waals surface area (Å²) in [5.41, 5.74) is 8.36. The van der Waals surface area contributed by atoms with E-state index < -0.39 is 0 Å². The fourth-order valence-corrected chi connectivity index (χ4v) is 6.27. The van der Waals surface area contributed by atoms with Gasteiger partial charge in [0.25, 0.3) is 0 Å². The normalized spacial score (nSPS) is 14.6. The van der Waals surface area contributed by atoms with Crippen molar-refractivity contribution < 1.29 is 0 Å². The Hall–Kier alpha value is -2.82. The van der Waals surface area contributed by atoms with Crippen molar-refractivity contribution in [3.8, 4) is 22.3 Å². The van der Waals surface area contributed by atoms with Crippen molar-refractivity contribution in [2.24, 2.45) is 0 Å². The third kappa shape index (κ3) is 2.13. The molecular formula is C27H21P. The highest BCUT2D eigenvalue weighted by molar-refractivity contribution is 7.43. The summed E-state index contributed by atoms with van der Waals surface area (Å²) in [6, 6.07) is 31.6. The Morgan fingerprint density at radius 2 is 1.32 bits per heavy atom. The molecule has 0 aliphatic heterocycles. The first-order chi connectivity index (χ1) is 13.6. The van der Waals surface area contributed by atoms with Crippen LogP contribution >= 0.6 is 8.19 Å². The molecule has 0 radical (unpaired) electrons. The maximum absolute atomic E-state index is 2.48. The summed E-state index contributed by atoms with van der Waals surface area (Å²) in [4.78, 5) is 0. The molecule has 1 unspecified atom stereocenters. The number of hydrogen-bond donors (Lipinski definition) is 0. The van der Waals surface area contributed by atoms with Gasteiger partial charge in [-0.3, -0.25) is 0 Å². The van der Waals surface area contributed by atoms with Crippen LogP contribution in [-0.4, -0.2) is 0 Å². The number of hydrogen-bond acceptors (Lipinski definition) is 0. The minimum atomic E-state index is 0.0190. The monoisotopic (exact) mass is 376 g/mol. The number of rotatable bonds is 1. The summed E-state index contributed by atoms with van der Waals surface area (Å²) in [5.74, 6) is 0. The molecule has 0 saturated carbocycles. The summed E-state index contributed by atoms with van der Waals surface area (Å²) in [6.45, 7) is 4.75. The summed E-state index contributed by atoms with van der Waals surface area (Å²) in [5, 5.41) is 5.85. The van der Waals surface area contributed by atoms with Crippen molar-refractivity contribution in [2.75, 3.05) is 0 Å². The average Bonchev–Trinajstić information content (AvgIpc) is 3.20. The SMILES string of the molecule is CC1(C)c2cc(-c3ccccc3)ccc2-c2cc3[pH]c4ccccc4c3cc21. The molecule has 6 rings (SSSR count). The van der Waals surface area contributed by atoms with Crippen molar-refractivity contribution in [1.29, 1.82) is 0 Å². The van der Waals surface area contributed by atoms with Gasteiger partial charge in [0, 0.05) is 10.5 Å². The van der Waals surface area contributed by atoms with E-state index in [1.165, 1.54) is 54.4 Å². The minimum Gasteiger partial charge on any atom is -0.123 e. The molecule has 1 aliphatic carbocycles. The third-order valence-electron chi connectivity index (χ3n) is 6.41. The van der Waals surface area contributed by atoms with Gasteiger partial charge in [-0.15, -0.1) is 8.19 Å². The van der Waals surface area contributed by atoms with Crippen molar-refractivity contribution >= 4 is 29.2 Å². The number of benzene rings is 4. The van der Waals surface area contributed by atoms with Crippen LogP contribution in [0.25, 0.3) is 43.3 Å². The highest BCUT2D eigenvalue weighted by Crippen LogP contribution is 2.52. The maximum Gasteiger partial charge on any atom is 0.0159 e. The molecule has 0 spiro atoms. The first kappa shape index (κ1) is 16.2. The lowest BCUT2D eigenvalue weighted by molar-refractivity contribution is 0.661. The van der Waals surface area contributed by atoms with E-state index >= 15 is 0 Å². The molecular weight excluding hydrogens is 355 g/mol. The molecule has 1 heteroatoms. The second-order valence-electron chi connectivity index (χ2n) is 8.37. The van der Waals surface area contributed by atoms with E-state index in [1.807, 2.05) is 0 Å². The van der Waals surface area contributed by atoms with Crippen LogP contribution in [0, 0.1) is 0 Å². The van der Waals surface area contributed by atoms with E-state index in [1.54, 1.807) is 0 Å². The van der Waals surface area contributed by atoms with Crippen molar-refractivity contribution in [1.82, 2.24) is 0 Å². The Morgan fingerprint density at radius 1 is 0.571 bits per heavy atom. The molecule has 0 nitrogen and oxygen atoms in total. The molecule has 0 fully saturated rings. The molecule has 1 aliphatic rings. The molecule has 0 bridgehead atoms. The van der Waals surface area contributed by atoms with Crippen LogP contribution in [0.4, 0.5) is 0 Å². The summed E-state index contributed by atoms with van der Waals surface area (Å²) in [6.07, 6.45) is 0. The van der Waals surface area contributed by atoms with Gasteiger partial charge >= 0.3 is 0 Å². The largest absolute Gasteiger partial charge is 0.123 e. The van der Waals surface area contributed by atoms with Crippen LogP contribution in [-0.2, 0) is 5.41 Å². The average molecular weight is 376 g/mol. The first-order valence-corrected chi connectivity index (χ1v) is 10.9. The van der Waals surface area contributed by atoms with E-state index in [9.17, 15) is 0 Å². The lowest BCUT2D eigenvalue weighted by Crippen LogP contribution is -2.15. The van der Waals surface area contributed by atoms with Gasteiger partial charge in [0.2, 0.25) is 0 Å². The van der Waals surface area contributed by atoms with Crippen LogP contribution in [0.15, 0.2) is 84.9 Å². The predicted octanol–water partition coefficient (Wildman–Crippen LogP) is 8.00. The molecule has 4 aromatic carbocycles. The van der Waals surface area contributed by atoms with Crippen LogP contribution in [0.5, 0.6) is 0 Å². The first-order valence-electron chi connectivity index (χ1n) is 9.88. The van der Waals surface area contributed by atoms with E-state index in [0.29, 0.717) is 0 Å². The van der Waals surface area contributed by atoms with Gasteiger partial charge in [-0.1, -0.05) is 80.6 Å². The van der Waals surface area contributed by atoms with Gasteiger partial charge in [0.1, 0.15) is 0 Å². The lowest BCUT2D eigenvalue weighted by Gasteiger charge is -2.22. The van der Waals surface area contributed by atoms with E-state index in [-0.39, 0.29) is 5.41 Å². The molecule has 28 heavy (non-hydrogen) atoms. The second-order valence-corrected chi connectivity index (χ2v) is 9.69. The van der Waals surface area contributed by atoms with Gasteiger partial charge in [0.15, 0.2) is 0 Å². The standard InChI is InChI=1S/C27H21P/c1-27(2)23-14-18(17-8-4-3-5-9-17)12-13-19(23)21-16-26-22(15-24(21)27)20-10-6-7-11-25(20)28-26/h3-16,28H,1-2H3. The smallest absolute Gasteiger partial charge is 0.0159 e. The molecule has 0 saturated heterocycles. The van der Waals surface area contributed by atoms with Gasteiger partial charge in [-0.25, -0.2) is 0 Å². The summed E-state index contributed by atoms with van der Waals surface area (Å²) >= 11 is 0. The number of fused-ring (bicyclic) bond motifs is 6. The topological polar surface area (TPSA) is 0 Å². The van der Waals surface area contributed by atoms with E-state index in [0.717, 1.165) is 8.19 Å². The molecule has 5 aromatic rings. The third-order valence-corrected chi connectivity index (χ3v) is 7.80. The van der Waals surface area contributed by atoms with Crippen LogP contribution in [0.3, 0.4) is 0 Å². The molecule has 1 atom stereocenters. The molecule has 134 valence electrons. The van der Waals surface area contributed by atoms with Crippen LogP contribution in [0.1, 0.15) is 25.0 Å². The Morgan fingerprint density at radius 3 is 2.18 bits per heavy atom. The van der Waals surface area contributed by atoms with Crippen LogP contribution in [0.2, 0.25) is 0 Å². The highest BCUT2D eigenvalue weighted by atomic mass is 31.0. The Labute approximate surface area is 166 Å². The predicted molar refractivity (Wildman–Crippen MR) is 124 cm³/mol. The summed E-state index contributed by atoms with van der Waals surface area (Å²) < 4.78 is 0. The van der Waals surface area contributed by atoms with Crippen molar-refractivity contribution in [3.63, 3.8) is 0 Å². The van der Waals surface area contributed by atoms with Gasteiger partial charge in [-0.2, -0.15) is 0 Å². The quantitative estimate of drug-likeness (QED) is 0.278. The molecule has 0 N–H and O–H groups in total. The van der Waals surface area contributed by atoms with Crippen LogP contribution < -0.4 is 0 Å². The second kappa shape index (κ2) is 5.60. The zero-order chi connectivity index (χ0) is 18.9. The van der Waals surface area contributed by atoms with E-state index in [4.69, 9.17) is 0 Å². The molecule has 1 aromatic heterocycles. The molecule has 0 amide bonds. The van der Waals surface area contributed by atoms with Crippen molar-refractivity contribution in [2.45, 2.75) is 19.3 Å². The summed E-state index contributed by atoms with van der Waals surface area (Å²) in [7, 11) is 0.769. The van der Waals surface area contributed by atoms with E-state index in [2.05, 4.69) is 98.8 Å². The highest BCUT2D eigenvalue weighted by Gasteiger charge is 2.36. The van der Waals surface area contributed by atoms with Gasteiger partial charge in [0.05, 0.1) is 0 Å². The van der Waals surface area contributed by atoms with Crippen molar-refractivity contribution in [3.05, 3.63) is 96.1 Å². The Kier molecular flexibility index (Phi) is 3.23. The minimum absolute atomic E-state index is 0.0190. The fraction of sp³-hybridized carbons (Fsp3) is 0.111. The Balaban J connectivity index is 1.62. The van der Waals surface area contributed by atoms with Gasteiger partial charge < -0.3 is 0 Å².